The third kappa shape index (κ3) is 3.66. The Bertz CT molecular complexity index is 316. The van der Waals surface area contributed by atoms with E-state index in [0.717, 1.165) is 45.9 Å². The highest BCUT2D eigenvalue weighted by atomic mass is 16.5. The Balaban J connectivity index is 1.83. The van der Waals surface area contributed by atoms with E-state index in [2.05, 4.69) is 15.2 Å². The number of likely N-dealkylation sites (tertiary alicyclic amines) is 1. The van der Waals surface area contributed by atoms with Crippen molar-refractivity contribution in [2.45, 2.75) is 26.3 Å². The van der Waals surface area contributed by atoms with E-state index in [-0.39, 0.29) is 5.91 Å². The van der Waals surface area contributed by atoms with E-state index in [9.17, 15) is 4.79 Å². The van der Waals surface area contributed by atoms with E-state index in [0.29, 0.717) is 6.04 Å². The molecule has 0 saturated carbocycles. The van der Waals surface area contributed by atoms with Gasteiger partial charge in [0.1, 0.15) is 0 Å². The number of amides is 1. The first-order valence-corrected chi connectivity index (χ1v) is 7.08. The molecule has 19 heavy (non-hydrogen) atoms. The van der Waals surface area contributed by atoms with Gasteiger partial charge in [0.2, 0.25) is 5.91 Å². The zero-order chi connectivity index (χ0) is 13.9. The molecule has 6 nitrogen and oxygen atoms in total. The van der Waals surface area contributed by atoms with Crippen LogP contribution < -0.4 is 11.3 Å². The lowest BCUT2D eigenvalue weighted by molar-refractivity contribution is -0.130. The molecule has 2 fully saturated rings. The molecule has 0 radical (unpaired) electrons. The monoisotopic (exact) mass is 270 g/mol. The lowest BCUT2D eigenvalue weighted by atomic mass is 9.92. The minimum atomic E-state index is -0.436. The summed E-state index contributed by atoms with van der Waals surface area (Å²) >= 11 is 0. The van der Waals surface area contributed by atoms with Gasteiger partial charge in [-0.15, -0.1) is 0 Å². The zero-order valence-corrected chi connectivity index (χ0v) is 12.0. The van der Waals surface area contributed by atoms with Gasteiger partial charge in [0, 0.05) is 32.2 Å². The number of rotatable bonds is 4. The second-order valence-corrected chi connectivity index (χ2v) is 6.18. The Labute approximate surface area is 115 Å². The van der Waals surface area contributed by atoms with Gasteiger partial charge in [-0.1, -0.05) is 0 Å². The lowest BCUT2D eigenvalue weighted by Gasteiger charge is -2.33. The summed E-state index contributed by atoms with van der Waals surface area (Å²) in [4.78, 5) is 16.6. The van der Waals surface area contributed by atoms with Crippen molar-refractivity contribution < 1.29 is 9.53 Å². The van der Waals surface area contributed by atoms with Crippen LogP contribution in [0.5, 0.6) is 0 Å². The molecule has 2 saturated heterocycles. The maximum Gasteiger partial charge on any atom is 0.240 e. The summed E-state index contributed by atoms with van der Waals surface area (Å²) in [6.45, 7) is 10.5. The number of carbonyl (C=O) groups excluding carboxylic acids is 1. The van der Waals surface area contributed by atoms with Crippen LogP contribution in [0.2, 0.25) is 0 Å². The van der Waals surface area contributed by atoms with E-state index >= 15 is 0 Å². The molecule has 2 rings (SSSR count). The molecule has 3 N–H and O–H groups in total. The summed E-state index contributed by atoms with van der Waals surface area (Å²) in [5.41, 5.74) is 1.83. The number of hydrogen-bond acceptors (Lipinski definition) is 5. The Kier molecular flexibility index (Phi) is 4.78. The van der Waals surface area contributed by atoms with Gasteiger partial charge < -0.3 is 9.64 Å². The summed E-state index contributed by atoms with van der Waals surface area (Å²) in [5, 5.41) is 0. The average molecular weight is 270 g/mol. The first-order chi connectivity index (χ1) is 9.03. The van der Waals surface area contributed by atoms with Crippen molar-refractivity contribution in [1.29, 1.82) is 0 Å². The number of morpholine rings is 1. The molecule has 0 aromatic rings. The molecule has 0 aliphatic carbocycles. The van der Waals surface area contributed by atoms with E-state index in [1.165, 1.54) is 6.42 Å². The van der Waals surface area contributed by atoms with Crippen LogP contribution in [0.4, 0.5) is 0 Å². The van der Waals surface area contributed by atoms with Crippen LogP contribution in [0.25, 0.3) is 0 Å². The first kappa shape index (κ1) is 14.7. The molecule has 2 aliphatic heterocycles. The number of hydrogen-bond donors (Lipinski definition) is 2. The van der Waals surface area contributed by atoms with Gasteiger partial charge in [0.15, 0.2) is 0 Å². The third-order valence-corrected chi connectivity index (χ3v) is 4.17. The third-order valence-electron chi connectivity index (χ3n) is 4.17. The lowest BCUT2D eigenvalue weighted by Crippen LogP contribution is -2.48. The number of hydrazine groups is 1. The molecule has 1 atom stereocenters. The SMILES string of the molecule is CC(C)(CN1CCC(N2CCOCC2)C1)C(=O)NN. The highest BCUT2D eigenvalue weighted by Gasteiger charge is 2.34. The molecule has 6 heteroatoms. The number of nitrogens with two attached hydrogens (primary N) is 1. The predicted molar refractivity (Wildman–Crippen MR) is 73.3 cm³/mol. The normalized spacial score (nSPS) is 26.6. The van der Waals surface area contributed by atoms with E-state index in [1.54, 1.807) is 0 Å². The van der Waals surface area contributed by atoms with Crippen LogP contribution in [0.1, 0.15) is 20.3 Å². The first-order valence-electron chi connectivity index (χ1n) is 7.08. The minimum absolute atomic E-state index is 0.0951. The Hall–Kier alpha value is -0.690. The number of ether oxygens (including phenoxy) is 1. The van der Waals surface area contributed by atoms with Gasteiger partial charge in [0.25, 0.3) is 0 Å². The fourth-order valence-electron chi connectivity index (χ4n) is 3.02. The Morgan fingerprint density at radius 3 is 2.68 bits per heavy atom. The number of nitrogens with one attached hydrogen (secondary N) is 1. The minimum Gasteiger partial charge on any atom is -0.379 e. The van der Waals surface area contributed by atoms with Gasteiger partial charge in [-0.05, 0) is 26.8 Å². The molecule has 1 unspecified atom stereocenters. The van der Waals surface area contributed by atoms with Crippen molar-refractivity contribution in [3.05, 3.63) is 0 Å². The van der Waals surface area contributed by atoms with E-state index in [1.807, 2.05) is 13.8 Å². The maximum absolute atomic E-state index is 11.7. The maximum atomic E-state index is 11.7. The van der Waals surface area contributed by atoms with Gasteiger partial charge >= 0.3 is 0 Å². The summed E-state index contributed by atoms with van der Waals surface area (Å²) in [5.74, 6) is 5.14. The van der Waals surface area contributed by atoms with Gasteiger partial charge in [-0.3, -0.25) is 15.1 Å². The molecule has 0 spiro atoms. The average Bonchev–Trinajstić information content (AvgIpc) is 2.86. The molecule has 2 aliphatic rings. The van der Waals surface area contributed by atoms with Crippen LogP contribution in [0, 0.1) is 5.41 Å². The van der Waals surface area contributed by atoms with Crippen molar-refractivity contribution in [1.82, 2.24) is 15.2 Å². The quantitative estimate of drug-likeness (QED) is 0.406. The van der Waals surface area contributed by atoms with Crippen molar-refractivity contribution in [3.63, 3.8) is 0 Å². The highest BCUT2D eigenvalue weighted by molar-refractivity contribution is 5.81. The van der Waals surface area contributed by atoms with Crippen molar-refractivity contribution >= 4 is 5.91 Å². The Morgan fingerprint density at radius 2 is 2.05 bits per heavy atom. The second-order valence-electron chi connectivity index (χ2n) is 6.18. The molecule has 0 aromatic heterocycles. The summed E-state index contributed by atoms with van der Waals surface area (Å²) < 4.78 is 5.39. The summed E-state index contributed by atoms with van der Waals surface area (Å²) in [6.07, 6.45) is 1.18. The molecule has 1 amide bonds. The smallest absolute Gasteiger partial charge is 0.240 e. The predicted octanol–water partition coefficient (Wildman–Crippen LogP) is -0.591. The van der Waals surface area contributed by atoms with Crippen LogP contribution in [-0.2, 0) is 9.53 Å². The van der Waals surface area contributed by atoms with E-state index < -0.39 is 5.41 Å². The molecule has 2 heterocycles. The van der Waals surface area contributed by atoms with Gasteiger partial charge in [-0.2, -0.15) is 0 Å². The fourth-order valence-corrected chi connectivity index (χ4v) is 3.02. The molecular weight excluding hydrogens is 244 g/mol. The van der Waals surface area contributed by atoms with Crippen molar-refractivity contribution in [2.24, 2.45) is 11.3 Å². The van der Waals surface area contributed by atoms with Crippen LogP contribution in [0.3, 0.4) is 0 Å². The number of carbonyl (C=O) groups is 1. The molecule has 0 bridgehead atoms. The van der Waals surface area contributed by atoms with Crippen molar-refractivity contribution in [2.75, 3.05) is 45.9 Å². The van der Waals surface area contributed by atoms with Gasteiger partial charge in [0.05, 0.1) is 18.6 Å². The highest BCUT2D eigenvalue weighted by Crippen LogP contribution is 2.23. The standard InChI is InChI=1S/C13H26N4O2/c1-13(2,12(18)15-14)10-16-4-3-11(9-16)17-5-7-19-8-6-17/h11H,3-10,14H2,1-2H3,(H,15,18). The Morgan fingerprint density at radius 1 is 1.37 bits per heavy atom. The number of nitrogens with zero attached hydrogens (tertiary/aromatic N) is 2. The fraction of sp³-hybridized carbons (Fsp3) is 0.923. The topological polar surface area (TPSA) is 70.8 Å². The summed E-state index contributed by atoms with van der Waals surface area (Å²) in [7, 11) is 0. The van der Waals surface area contributed by atoms with Crippen LogP contribution in [-0.4, -0.2) is 67.7 Å². The molecular formula is C13H26N4O2. The summed E-state index contributed by atoms with van der Waals surface area (Å²) in [6, 6.07) is 0.612. The molecule has 0 aromatic carbocycles. The molecule has 110 valence electrons. The van der Waals surface area contributed by atoms with Gasteiger partial charge in [-0.25, -0.2) is 5.84 Å². The van der Waals surface area contributed by atoms with Crippen LogP contribution >= 0.6 is 0 Å². The second kappa shape index (κ2) is 6.17. The van der Waals surface area contributed by atoms with Crippen molar-refractivity contribution in [3.8, 4) is 0 Å². The largest absolute Gasteiger partial charge is 0.379 e. The zero-order valence-electron chi connectivity index (χ0n) is 12.0. The van der Waals surface area contributed by atoms with Crippen LogP contribution in [0.15, 0.2) is 0 Å². The van der Waals surface area contributed by atoms with E-state index in [4.69, 9.17) is 10.6 Å².